The summed E-state index contributed by atoms with van der Waals surface area (Å²) in [6.45, 7) is 3.48. The summed E-state index contributed by atoms with van der Waals surface area (Å²) in [5, 5.41) is 4.10. The summed E-state index contributed by atoms with van der Waals surface area (Å²) in [4.78, 5) is 4.09. The van der Waals surface area contributed by atoms with Crippen molar-refractivity contribution in [3.8, 4) is 5.69 Å². The van der Waals surface area contributed by atoms with Gasteiger partial charge in [0.2, 0.25) is 0 Å². The molecule has 0 aliphatic rings. The van der Waals surface area contributed by atoms with E-state index in [-0.39, 0.29) is 0 Å². The Morgan fingerprint density at radius 2 is 1.65 bits per heavy atom. The number of aromatic nitrogens is 3. The van der Waals surface area contributed by atoms with Gasteiger partial charge >= 0.3 is 6.18 Å². The number of aryl methyl sites for hydroxylation is 2. The van der Waals surface area contributed by atoms with Crippen LogP contribution in [0.1, 0.15) is 17.2 Å². The van der Waals surface area contributed by atoms with Crippen LogP contribution in [0.5, 0.6) is 0 Å². The number of nitrogens with zero attached hydrogens (tertiary/aromatic N) is 3. The molecule has 0 spiro atoms. The molecule has 1 aromatic carbocycles. The molecular weight excluding hydrogens is 231 g/mol. The summed E-state index contributed by atoms with van der Waals surface area (Å²) >= 11 is 0. The normalized spacial score (nSPS) is 11.8. The van der Waals surface area contributed by atoms with E-state index < -0.39 is 11.7 Å². The second-order valence-corrected chi connectivity index (χ2v) is 3.66. The Kier molecular flexibility index (Phi) is 2.65. The van der Waals surface area contributed by atoms with Crippen LogP contribution in [0.3, 0.4) is 0 Å². The van der Waals surface area contributed by atoms with Gasteiger partial charge in [-0.25, -0.2) is 9.67 Å². The zero-order valence-electron chi connectivity index (χ0n) is 9.28. The lowest BCUT2D eigenvalue weighted by Gasteiger charge is -2.08. The summed E-state index contributed by atoms with van der Waals surface area (Å²) in [6, 6.07) is 4.82. The first-order chi connectivity index (χ1) is 7.88. The highest BCUT2D eigenvalue weighted by Crippen LogP contribution is 2.29. The van der Waals surface area contributed by atoms with Crippen molar-refractivity contribution in [1.82, 2.24) is 14.8 Å². The van der Waals surface area contributed by atoms with E-state index in [2.05, 4.69) is 10.1 Å². The Bertz CT molecular complexity index is 526. The van der Waals surface area contributed by atoms with Gasteiger partial charge in [-0.3, -0.25) is 0 Å². The lowest BCUT2D eigenvalue weighted by atomic mass is 10.2. The number of alkyl halides is 3. The number of benzene rings is 1. The summed E-state index contributed by atoms with van der Waals surface area (Å²) < 4.78 is 38.6. The van der Waals surface area contributed by atoms with Gasteiger partial charge in [0.05, 0.1) is 11.3 Å². The second kappa shape index (κ2) is 3.87. The monoisotopic (exact) mass is 241 g/mol. The number of rotatable bonds is 1. The Morgan fingerprint density at radius 3 is 2.06 bits per heavy atom. The lowest BCUT2D eigenvalue weighted by molar-refractivity contribution is -0.137. The molecule has 90 valence electrons. The predicted octanol–water partition coefficient (Wildman–Crippen LogP) is 2.90. The minimum Gasteiger partial charge on any atom is -0.218 e. The number of hydrogen-bond donors (Lipinski definition) is 0. The maximum absolute atomic E-state index is 12.4. The zero-order valence-corrected chi connectivity index (χ0v) is 9.28. The zero-order chi connectivity index (χ0) is 12.6. The van der Waals surface area contributed by atoms with Gasteiger partial charge in [-0.2, -0.15) is 18.3 Å². The molecule has 0 atom stereocenters. The summed E-state index contributed by atoms with van der Waals surface area (Å²) in [5.74, 6) is 1.23. The van der Waals surface area contributed by atoms with Crippen molar-refractivity contribution in [2.24, 2.45) is 0 Å². The van der Waals surface area contributed by atoms with Crippen LogP contribution in [0.15, 0.2) is 24.3 Å². The van der Waals surface area contributed by atoms with Crippen LogP contribution in [-0.2, 0) is 6.18 Å². The molecular formula is C11H10F3N3. The first-order valence-corrected chi connectivity index (χ1v) is 4.96. The molecule has 2 rings (SSSR count). The summed E-state index contributed by atoms with van der Waals surface area (Å²) in [7, 11) is 0. The molecule has 2 aromatic rings. The van der Waals surface area contributed by atoms with E-state index in [1.165, 1.54) is 16.8 Å². The Balaban J connectivity index is 2.39. The van der Waals surface area contributed by atoms with Crippen molar-refractivity contribution in [2.45, 2.75) is 20.0 Å². The SMILES string of the molecule is Cc1nc(C)n(-c2ccc(C(F)(F)F)cc2)n1. The molecule has 3 nitrogen and oxygen atoms in total. The van der Waals surface area contributed by atoms with Gasteiger partial charge in [-0.05, 0) is 38.1 Å². The van der Waals surface area contributed by atoms with E-state index in [1.807, 2.05) is 0 Å². The van der Waals surface area contributed by atoms with Gasteiger partial charge in [0.1, 0.15) is 11.6 Å². The lowest BCUT2D eigenvalue weighted by Crippen LogP contribution is -2.05. The Hall–Kier alpha value is -1.85. The van der Waals surface area contributed by atoms with Gasteiger partial charge in [0.25, 0.3) is 0 Å². The highest BCUT2D eigenvalue weighted by atomic mass is 19.4. The third-order valence-electron chi connectivity index (χ3n) is 2.31. The van der Waals surface area contributed by atoms with E-state index in [9.17, 15) is 13.2 Å². The van der Waals surface area contributed by atoms with Crippen LogP contribution in [0.4, 0.5) is 13.2 Å². The average Bonchev–Trinajstić information content (AvgIpc) is 2.57. The number of halogens is 3. The highest BCUT2D eigenvalue weighted by molar-refractivity contribution is 5.35. The highest BCUT2D eigenvalue weighted by Gasteiger charge is 2.30. The van der Waals surface area contributed by atoms with Crippen LogP contribution in [0.25, 0.3) is 5.69 Å². The van der Waals surface area contributed by atoms with Crippen molar-refractivity contribution < 1.29 is 13.2 Å². The van der Waals surface area contributed by atoms with Crippen LogP contribution < -0.4 is 0 Å². The smallest absolute Gasteiger partial charge is 0.218 e. The van der Waals surface area contributed by atoms with Crippen molar-refractivity contribution in [2.75, 3.05) is 0 Å². The molecule has 0 amide bonds. The van der Waals surface area contributed by atoms with Crippen LogP contribution in [0.2, 0.25) is 0 Å². The first-order valence-electron chi connectivity index (χ1n) is 4.96. The molecule has 0 bridgehead atoms. The molecule has 0 saturated carbocycles. The van der Waals surface area contributed by atoms with Crippen LogP contribution >= 0.6 is 0 Å². The number of hydrogen-bond acceptors (Lipinski definition) is 2. The first kappa shape index (κ1) is 11.6. The fourth-order valence-corrected chi connectivity index (χ4v) is 1.56. The topological polar surface area (TPSA) is 30.7 Å². The Labute approximate surface area is 95.9 Å². The summed E-state index contributed by atoms with van der Waals surface area (Å²) in [5.41, 5.74) is -0.105. The van der Waals surface area contributed by atoms with Gasteiger partial charge in [0.15, 0.2) is 0 Å². The fraction of sp³-hybridized carbons (Fsp3) is 0.273. The van der Waals surface area contributed by atoms with Crippen LogP contribution in [0, 0.1) is 13.8 Å². The van der Waals surface area contributed by atoms with Crippen molar-refractivity contribution >= 4 is 0 Å². The van der Waals surface area contributed by atoms with Gasteiger partial charge in [0, 0.05) is 0 Å². The maximum Gasteiger partial charge on any atom is 0.416 e. The van der Waals surface area contributed by atoms with Gasteiger partial charge in [-0.1, -0.05) is 0 Å². The van der Waals surface area contributed by atoms with E-state index in [0.717, 1.165) is 12.1 Å². The molecule has 0 aliphatic carbocycles. The predicted molar refractivity (Wildman–Crippen MR) is 55.8 cm³/mol. The van der Waals surface area contributed by atoms with E-state index in [0.29, 0.717) is 17.3 Å². The maximum atomic E-state index is 12.4. The van der Waals surface area contributed by atoms with E-state index in [1.54, 1.807) is 13.8 Å². The molecule has 0 unspecified atom stereocenters. The standard InChI is InChI=1S/C11H10F3N3/c1-7-15-8(2)17(16-7)10-5-3-9(4-6-10)11(12,13)14/h3-6H,1-2H3. The molecule has 6 heteroatoms. The molecule has 1 heterocycles. The molecule has 0 radical (unpaired) electrons. The van der Waals surface area contributed by atoms with Gasteiger partial charge < -0.3 is 0 Å². The van der Waals surface area contributed by atoms with Gasteiger partial charge in [-0.15, -0.1) is 0 Å². The van der Waals surface area contributed by atoms with Crippen molar-refractivity contribution in [1.29, 1.82) is 0 Å². The fourth-order valence-electron chi connectivity index (χ4n) is 1.56. The minimum atomic E-state index is -4.31. The quantitative estimate of drug-likeness (QED) is 0.768. The summed E-state index contributed by atoms with van der Waals surface area (Å²) in [6.07, 6.45) is -4.31. The third-order valence-corrected chi connectivity index (χ3v) is 2.31. The molecule has 0 fully saturated rings. The van der Waals surface area contributed by atoms with Crippen LogP contribution in [-0.4, -0.2) is 14.8 Å². The largest absolute Gasteiger partial charge is 0.416 e. The average molecular weight is 241 g/mol. The third kappa shape index (κ3) is 2.30. The van der Waals surface area contributed by atoms with Crippen molar-refractivity contribution in [3.05, 3.63) is 41.5 Å². The molecule has 0 saturated heterocycles. The molecule has 0 aliphatic heterocycles. The molecule has 17 heavy (non-hydrogen) atoms. The Morgan fingerprint density at radius 1 is 1.06 bits per heavy atom. The minimum absolute atomic E-state index is 0.566. The molecule has 0 N–H and O–H groups in total. The van der Waals surface area contributed by atoms with E-state index >= 15 is 0 Å². The van der Waals surface area contributed by atoms with Crippen molar-refractivity contribution in [3.63, 3.8) is 0 Å². The molecule has 1 aromatic heterocycles. The second-order valence-electron chi connectivity index (χ2n) is 3.66. The van der Waals surface area contributed by atoms with E-state index in [4.69, 9.17) is 0 Å².